The third-order valence-electron chi connectivity index (χ3n) is 3.24. The van der Waals surface area contributed by atoms with Crippen molar-refractivity contribution < 1.29 is 0 Å². The second kappa shape index (κ2) is 4.52. The lowest BCUT2D eigenvalue weighted by Gasteiger charge is -2.28. The molecule has 3 nitrogen and oxygen atoms in total. The molecule has 0 aliphatic carbocycles. The van der Waals surface area contributed by atoms with Crippen LogP contribution in [0.25, 0.3) is 0 Å². The van der Waals surface area contributed by atoms with Gasteiger partial charge in [0.2, 0.25) is 0 Å². The first-order chi connectivity index (χ1) is 7.72. The molecular formula is C13H17N3. The Morgan fingerprint density at radius 3 is 2.88 bits per heavy atom. The van der Waals surface area contributed by atoms with Crippen molar-refractivity contribution in [2.75, 3.05) is 11.4 Å². The van der Waals surface area contributed by atoms with Gasteiger partial charge in [-0.05, 0) is 30.9 Å². The van der Waals surface area contributed by atoms with Crippen LogP contribution in [0.4, 0.5) is 5.82 Å². The number of rotatable bonds is 2. The Morgan fingerprint density at radius 2 is 2.31 bits per heavy atom. The number of pyridine rings is 1. The first kappa shape index (κ1) is 10.9. The molecule has 2 rings (SSSR count). The normalized spacial score (nSPS) is 20.1. The van der Waals surface area contributed by atoms with Crippen molar-refractivity contribution in [2.45, 2.75) is 32.7 Å². The molecule has 1 aromatic rings. The molecule has 1 saturated heterocycles. The minimum Gasteiger partial charge on any atom is -0.353 e. The van der Waals surface area contributed by atoms with Gasteiger partial charge in [-0.1, -0.05) is 13.8 Å². The third-order valence-corrected chi connectivity index (χ3v) is 3.24. The van der Waals surface area contributed by atoms with Crippen LogP contribution in [0.3, 0.4) is 0 Å². The molecule has 0 aromatic carbocycles. The Labute approximate surface area is 96.7 Å². The van der Waals surface area contributed by atoms with Crippen LogP contribution in [-0.2, 0) is 0 Å². The molecule has 0 radical (unpaired) electrons. The van der Waals surface area contributed by atoms with E-state index in [1.165, 1.54) is 12.8 Å². The smallest absolute Gasteiger partial charge is 0.128 e. The van der Waals surface area contributed by atoms with Crippen LogP contribution in [0.15, 0.2) is 18.3 Å². The quantitative estimate of drug-likeness (QED) is 0.761. The van der Waals surface area contributed by atoms with Gasteiger partial charge >= 0.3 is 0 Å². The highest BCUT2D eigenvalue weighted by atomic mass is 15.2. The summed E-state index contributed by atoms with van der Waals surface area (Å²) in [6.45, 7) is 5.60. The monoisotopic (exact) mass is 215 g/mol. The zero-order valence-electron chi connectivity index (χ0n) is 9.85. The van der Waals surface area contributed by atoms with E-state index in [1.54, 1.807) is 6.20 Å². The van der Waals surface area contributed by atoms with Crippen molar-refractivity contribution >= 4 is 5.82 Å². The van der Waals surface area contributed by atoms with Gasteiger partial charge in [0, 0.05) is 18.8 Å². The van der Waals surface area contributed by atoms with Crippen LogP contribution in [0.5, 0.6) is 0 Å². The molecule has 2 heterocycles. The Bertz CT molecular complexity index is 389. The lowest BCUT2D eigenvalue weighted by atomic mass is 10.0. The van der Waals surface area contributed by atoms with E-state index >= 15 is 0 Å². The number of nitriles is 1. The second-order valence-corrected chi connectivity index (χ2v) is 4.66. The lowest BCUT2D eigenvalue weighted by molar-refractivity contribution is 0.489. The number of hydrogen-bond acceptors (Lipinski definition) is 3. The Balaban J connectivity index is 2.20. The second-order valence-electron chi connectivity index (χ2n) is 4.66. The van der Waals surface area contributed by atoms with E-state index in [0.717, 1.165) is 12.4 Å². The largest absolute Gasteiger partial charge is 0.353 e. The molecule has 0 amide bonds. The minimum atomic E-state index is 0.598. The average molecular weight is 215 g/mol. The molecule has 3 heteroatoms. The zero-order valence-corrected chi connectivity index (χ0v) is 9.85. The Hall–Kier alpha value is -1.56. The molecule has 16 heavy (non-hydrogen) atoms. The topological polar surface area (TPSA) is 39.9 Å². The first-order valence-corrected chi connectivity index (χ1v) is 5.85. The summed E-state index contributed by atoms with van der Waals surface area (Å²) in [6, 6.07) is 6.50. The summed E-state index contributed by atoms with van der Waals surface area (Å²) < 4.78 is 0. The van der Waals surface area contributed by atoms with Crippen LogP contribution >= 0.6 is 0 Å². The van der Waals surface area contributed by atoms with Crippen molar-refractivity contribution in [2.24, 2.45) is 5.92 Å². The van der Waals surface area contributed by atoms with Gasteiger partial charge in [-0.2, -0.15) is 5.26 Å². The van der Waals surface area contributed by atoms with Gasteiger partial charge in [-0.3, -0.25) is 0 Å². The zero-order chi connectivity index (χ0) is 11.5. The molecule has 1 aliphatic heterocycles. The van der Waals surface area contributed by atoms with Gasteiger partial charge in [0.05, 0.1) is 5.56 Å². The van der Waals surface area contributed by atoms with Crippen molar-refractivity contribution in [1.29, 1.82) is 5.26 Å². The number of anilines is 1. The summed E-state index contributed by atoms with van der Waals surface area (Å²) in [7, 11) is 0. The maximum Gasteiger partial charge on any atom is 0.128 e. The fourth-order valence-electron chi connectivity index (χ4n) is 2.39. The summed E-state index contributed by atoms with van der Waals surface area (Å²) in [5.41, 5.74) is 0.629. The van der Waals surface area contributed by atoms with Crippen molar-refractivity contribution in [3.63, 3.8) is 0 Å². The minimum absolute atomic E-state index is 0.598. The molecule has 1 unspecified atom stereocenters. The molecule has 0 bridgehead atoms. The molecule has 1 fully saturated rings. The van der Waals surface area contributed by atoms with Gasteiger partial charge in [0.15, 0.2) is 0 Å². The van der Waals surface area contributed by atoms with Crippen LogP contribution < -0.4 is 4.90 Å². The highest BCUT2D eigenvalue weighted by Gasteiger charge is 2.27. The van der Waals surface area contributed by atoms with Crippen LogP contribution in [0.1, 0.15) is 32.3 Å². The summed E-state index contributed by atoms with van der Waals surface area (Å²) in [4.78, 5) is 6.73. The first-order valence-electron chi connectivity index (χ1n) is 5.85. The summed E-state index contributed by atoms with van der Waals surface area (Å²) in [5, 5.41) is 8.73. The average Bonchev–Trinajstić information content (AvgIpc) is 2.78. The SMILES string of the molecule is CC(C)C1CCCN1c1ccc(C#N)cn1. The maximum absolute atomic E-state index is 8.73. The highest BCUT2D eigenvalue weighted by molar-refractivity contribution is 5.44. The maximum atomic E-state index is 8.73. The van der Waals surface area contributed by atoms with Crippen molar-refractivity contribution in [3.05, 3.63) is 23.9 Å². The van der Waals surface area contributed by atoms with Crippen molar-refractivity contribution in [3.8, 4) is 6.07 Å². The van der Waals surface area contributed by atoms with E-state index in [-0.39, 0.29) is 0 Å². The standard InChI is InChI=1S/C13H17N3/c1-10(2)12-4-3-7-16(12)13-6-5-11(8-14)9-15-13/h5-6,9-10,12H,3-4,7H2,1-2H3. The van der Waals surface area contributed by atoms with Gasteiger partial charge in [-0.15, -0.1) is 0 Å². The van der Waals surface area contributed by atoms with E-state index in [0.29, 0.717) is 17.5 Å². The predicted molar refractivity (Wildman–Crippen MR) is 64.2 cm³/mol. The molecule has 0 N–H and O–H groups in total. The van der Waals surface area contributed by atoms with Crippen LogP contribution in [-0.4, -0.2) is 17.6 Å². The van der Waals surface area contributed by atoms with Crippen LogP contribution in [0, 0.1) is 17.2 Å². The van der Waals surface area contributed by atoms with E-state index in [9.17, 15) is 0 Å². The molecule has 1 aliphatic rings. The Morgan fingerprint density at radius 1 is 1.50 bits per heavy atom. The molecular weight excluding hydrogens is 198 g/mol. The molecule has 1 atom stereocenters. The fourth-order valence-corrected chi connectivity index (χ4v) is 2.39. The molecule has 1 aromatic heterocycles. The highest BCUT2D eigenvalue weighted by Crippen LogP contribution is 2.28. The lowest BCUT2D eigenvalue weighted by Crippen LogP contribution is -2.33. The van der Waals surface area contributed by atoms with E-state index in [2.05, 4.69) is 29.8 Å². The van der Waals surface area contributed by atoms with Gasteiger partial charge in [-0.25, -0.2) is 4.98 Å². The van der Waals surface area contributed by atoms with E-state index in [1.807, 2.05) is 12.1 Å². The van der Waals surface area contributed by atoms with Crippen molar-refractivity contribution in [1.82, 2.24) is 4.98 Å². The van der Waals surface area contributed by atoms with E-state index < -0.39 is 0 Å². The molecule has 0 saturated carbocycles. The summed E-state index contributed by atoms with van der Waals surface area (Å²) in [6.07, 6.45) is 4.15. The fraction of sp³-hybridized carbons (Fsp3) is 0.538. The van der Waals surface area contributed by atoms with Gasteiger partial charge < -0.3 is 4.90 Å². The van der Waals surface area contributed by atoms with Gasteiger partial charge in [0.25, 0.3) is 0 Å². The molecule has 0 spiro atoms. The summed E-state index contributed by atoms with van der Waals surface area (Å²) >= 11 is 0. The predicted octanol–water partition coefficient (Wildman–Crippen LogP) is 2.58. The number of aromatic nitrogens is 1. The van der Waals surface area contributed by atoms with Gasteiger partial charge in [0.1, 0.15) is 11.9 Å². The number of hydrogen-bond donors (Lipinski definition) is 0. The summed E-state index contributed by atoms with van der Waals surface area (Å²) in [5.74, 6) is 1.66. The van der Waals surface area contributed by atoms with Crippen LogP contribution in [0.2, 0.25) is 0 Å². The number of nitrogens with zero attached hydrogens (tertiary/aromatic N) is 3. The molecule has 84 valence electrons. The third kappa shape index (κ3) is 2.01. The Kier molecular flexibility index (Phi) is 3.09. The van der Waals surface area contributed by atoms with E-state index in [4.69, 9.17) is 5.26 Å².